The fourth-order valence-electron chi connectivity index (χ4n) is 1.22. The number of carbonyl (C=O) groups excluding carboxylic acids is 2. The van der Waals surface area contributed by atoms with Gasteiger partial charge in [0.15, 0.2) is 0 Å². The van der Waals surface area contributed by atoms with Gasteiger partial charge in [-0.3, -0.25) is 9.59 Å². The highest BCUT2D eigenvalue weighted by Crippen LogP contribution is 2.12. The second-order valence-electron chi connectivity index (χ2n) is 4.38. The van der Waals surface area contributed by atoms with Crippen LogP contribution in [0.25, 0.3) is 0 Å². The second kappa shape index (κ2) is 6.43. The van der Waals surface area contributed by atoms with Crippen molar-refractivity contribution in [1.29, 1.82) is 0 Å². The van der Waals surface area contributed by atoms with E-state index in [1.54, 1.807) is 0 Å². The third-order valence-corrected chi connectivity index (χ3v) is 2.09. The number of carbonyl (C=O) groups is 2. The van der Waals surface area contributed by atoms with Gasteiger partial charge in [0.2, 0.25) is 5.91 Å². The topological polar surface area (TPSA) is 55.4 Å². The highest BCUT2D eigenvalue weighted by atomic mass is 16.5. The zero-order valence-corrected chi connectivity index (χ0v) is 10.2. The van der Waals surface area contributed by atoms with Crippen molar-refractivity contribution in [2.75, 3.05) is 13.7 Å². The van der Waals surface area contributed by atoms with Gasteiger partial charge in [0.05, 0.1) is 7.11 Å². The molecule has 4 nitrogen and oxygen atoms in total. The van der Waals surface area contributed by atoms with Gasteiger partial charge in [0.25, 0.3) is 0 Å². The average molecular weight is 215 g/mol. The van der Waals surface area contributed by atoms with Crippen LogP contribution in [0.15, 0.2) is 0 Å². The Hall–Kier alpha value is -1.06. The molecule has 0 aromatic carbocycles. The van der Waals surface area contributed by atoms with Crippen LogP contribution in [0.3, 0.4) is 0 Å². The summed E-state index contributed by atoms with van der Waals surface area (Å²) in [5.74, 6) is -1.09. The minimum Gasteiger partial charge on any atom is -0.468 e. The zero-order chi connectivity index (χ0) is 12.0. The number of hydrogen-bond acceptors (Lipinski definition) is 3. The largest absolute Gasteiger partial charge is 0.468 e. The molecule has 0 aromatic rings. The number of ether oxygens (including phenoxy) is 1. The SMILES string of the molecule is COC(=O)C(C(=O)NCC(C)C)C(C)C. The molecule has 0 fully saturated rings. The molecule has 1 atom stereocenters. The lowest BCUT2D eigenvalue weighted by Crippen LogP contribution is -2.40. The molecule has 88 valence electrons. The van der Waals surface area contributed by atoms with Crippen LogP contribution in [-0.4, -0.2) is 25.5 Å². The summed E-state index contributed by atoms with van der Waals surface area (Å²) in [6.45, 7) is 8.25. The van der Waals surface area contributed by atoms with Crippen LogP contribution in [0.4, 0.5) is 0 Å². The lowest BCUT2D eigenvalue weighted by atomic mass is 9.95. The van der Waals surface area contributed by atoms with Gasteiger partial charge in [-0.1, -0.05) is 27.7 Å². The molecule has 0 aliphatic rings. The zero-order valence-electron chi connectivity index (χ0n) is 10.2. The van der Waals surface area contributed by atoms with E-state index in [0.717, 1.165) is 0 Å². The van der Waals surface area contributed by atoms with Gasteiger partial charge in [0, 0.05) is 6.54 Å². The molecule has 0 bridgehead atoms. The van der Waals surface area contributed by atoms with E-state index in [9.17, 15) is 9.59 Å². The quantitative estimate of drug-likeness (QED) is 0.554. The molecular weight excluding hydrogens is 194 g/mol. The monoisotopic (exact) mass is 215 g/mol. The maximum atomic E-state index is 11.7. The smallest absolute Gasteiger partial charge is 0.318 e. The lowest BCUT2D eigenvalue weighted by Gasteiger charge is -2.18. The maximum Gasteiger partial charge on any atom is 0.318 e. The molecule has 0 heterocycles. The minimum atomic E-state index is -0.700. The van der Waals surface area contributed by atoms with Crippen molar-refractivity contribution in [2.45, 2.75) is 27.7 Å². The molecule has 1 unspecified atom stereocenters. The Morgan fingerprint density at radius 2 is 1.73 bits per heavy atom. The van der Waals surface area contributed by atoms with Crippen LogP contribution in [-0.2, 0) is 14.3 Å². The van der Waals surface area contributed by atoms with Gasteiger partial charge in [-0.05, 0) is 11.8 Å². The highest BCUT2D eigenvalue weighted by Gasteiger charge is 2.30. The van der Waals surface area contributed by atoms with Crippen LogP contribution >= 0.6 is 0 Å². The van der Waals surface area contributed by atoms with Crippen molar-refractivity contribution in [3.8, 4) is 0 Å². The summed E-state index contributed by atoms with van der Waals surface area (Å²) >= 11 is 0. The second-order valence-corrected chi connectivity index (χ2v) is 4.38. The van der Waals surface area contributed by atoms with Gasteiger partial charge in [-0.2, -0.15) is 0 Å². The van der Waals surface area contributed by atoms with E-state index in [1.165, 1.54) is 7.11 Å². The molecule has 0 radical (unpaired) electrons. The van der Waals surface area contributed by atoms with E-state index in [2.05, 4.69) is 10.1 Å². The minimum absolute atomic E-state index is 0.0513. The Labute approximate surface area is 91.4 Å². The molecule has 0 aromatic heterocycles. The fourth-order valence-corrected chi connectivity index (χ4v) is 1.22. The third-order valence-electron chi connectivity index (χ3n) is 2.09. The van der Waals surface area contributed by atoms with E-state index < -0.39 is 11.9 Å². The van der Waals surface area contributed by atoms with E-state index >= 15 is 0 Å². The molecule has 0 aliphatic carbocycles. The summed E-state index contributed by atoms with van der Waals surface area (Å²) in [6.07, 6.45) is 0. The first-order chi connectivity index (χ1) is 6.90. The molecule has 0 spiro atoms. The molecule has 0 aliphatic heterocycles. The number of amides is 1. The van der Waals surface area contributed by atoms with E-state index in [4.69, 9.17) is 0 Å². The van der Waals surface area contributed by atoms with Crippen LogP contribution in [0, 0.1) is 17.8 Å². The van der Waals surface area contributed by atoms with E-state index in [-0.39, 0.29) is 11.8 Å². The number of esters is 1. The molecule has 15 heavy (non-hydrogen) atoms. The summed E-state index contributed by atoms with van der Waals surface area (Å²) in [7, 11) is 1.30. The van der Waals surface area contributed by atoms with Crippen molar-refractivity contribution in [3.63, 3.8) is 0 Å². The fraction of sp³-hybridized carbons (Fsp3) is 0.818. The van der Waals surface area contributed by atoms with Crippen molar-refractivity contribution >= 4 is 11.9 Å². The number of hydrogen-bond donors (Lipinski definition) is 1. The third kappa shape index (κ3) is 4.81. The first-order valence-electron chi connectivity index (χ1n) is 5.25. The predicted octanol–water partition coefficient (Wildman–Crippen LogP) is 1.20. The molecule has 1 N–H and O–H groups in total. The normalized spacial score (nSPS) is 12.7. The Morgan fingerprint density at radius 3 is 2.07 bits per heavy atom. The summed E-state index contributed by atoms with van der Waals surface area (Å²) in [6, 6.07) is 0. The Balaban J connectivity index is 4.37. The van der Waals surface area contributed by atoms with Gasteiger partial charge in [0.1, 0.15) is 5.92 Å². The molecule has 4 heteroatoms. The van der Waals surface area contributed by atoms with Gasteiger partial charge in [-0.15, -0.1) is 0 Å². The van der Waals surface area contributed by atoms with Crippen molar-refractivity contribution in [1.82, 2.24) is 5.32 Å². The highest BCUT2D eigenvalue weighted by molar-refractivity contribution is 5.97. The van der Waals surface area contributed by atoms with Crippen LogP contribution in [0.2, 0.25) is 0 Å². The van der Waals surface area contributed by atoms with Gasteiger partial charge in [-0.25, -0.2) is 0 Å². The molecular formula is C11H21NO3. The Kier molecular flexibility index (Phi) is 5.97. The first-order valence-corrected chi connectivity index (χ1v) is 5.25. The summed E-state index contributed by atoms with van der Waals surface area (Å²) in [5.41, 5.74) is 0. The predicted molar refractivity (Wildman–Crippen MR) is 58.2 cm³/mol. The summed E-state index contributed by atoms with van der Waals surface area (Å²) in [5, 5.41) is 2.74. The molecule has 0 saturated heterocycles. The van der Waals surface area contributed by atoms with Gasteiger partial charge < -0.3 is 10.1 Å². The maximum absolute atomic E-state index is 11.7. The van der Waals surface area contributed by atoms with Crippen LogP contribution in [0.1, 0.15) is 27.7 Å². The average Bonchev–Trinajstić information content (AvgIpc) is 2.14. The van der Waals surface area contributed by atoms with Crippen molar-refractivity contribution in [2.24, 2.45) is 17.8 Å². The van der Waals surface area contributed by atoms with Gasteiger partial charge >= 0.3 is 5.97 Å². The first kappa shape index (κ1) is 13.9. The summed E-state index contributed by atoms with van der Waals surface area (Å²) < 4.78 is 4.60. The van der Waals surface area contributed by atoms with E-state index in [1.807, 2.05) is 27.7 Å². The Morgan fingerprint density at radius 1 is 1.20 bits per heavy atom. The summed E-state index contributed by atoms with van der Waals surface area (Å²) in [4.78, 5) is 23.0. The van der Waals surface area contributed by atoms with Crippen LogP contribution in [0.5, 0.6) is 0 Å². The van der Waals surface area contributed by atoms with Crippen molar-refractivity contribution in [3.05, 3.63) is 0 Å². The molecule has 0 rings (SSSR count). The van der Waals surface area contributed by atoms with Crippen molar-refractivity contribution < 1.29 is 14.3 Å². The number of methoxy groups -OCH3 is 1. The lowest BCUT2D eigenvalue weighted by molar-refractivity contribution is -0.151. The molecule has 0 saturated carbocycles. The van der Waals surface area contributed by atoms with Crippen LogP contribution < -0.4 is 5.32 Å². The number of rotatable bonds is 5. The molecule has 1 amide bonds. The number of nitrogens with one attached hydrogen (secondary N) is 1. The standard InChI is InChI=1S/C11H21NO3/c1-7(2)6-12-10(13)9(8(3)4)11(14)15-5/h7-9H,6H2,1-5H3,(H,12,13). The van der Waals surface area contributed by atoms with E-state index in [0.29, 0.717) is 12.5 Å². The Bertz CT molecular complexity index is 224.